The molecule has 0 aliphatic carbocycles. The van der Waals surface area contributed by atoms with Crippen molar-refractivity contribution < 1.29 is 4.74 Å². The first-order valence-corrected chi connectivity index (χ1v) is 6.41. The Bertz CT molecular complexity index is 641. The molecule has 3 nitrogen and oxygen atoms in total. The standard InChI is InChI=1S/C13H12N2OS/c1-2-16-12-6-4-3-5-10(12)11-9-17-13-14-7-8-15(11)13/h3-9H,2H2,1H3. The zero-order chi connectivity index (χ0) is 11.7. The summed E-state index contributed by atoms with van der Waals surface area (Å²) in [5.74, 6) is 0.920. The molecule has 2 aromatic heterocycles. The van der Waals surface area contributed by atoms with Crippen LogP contribution in [0.3, 0.4) is 0 Å². The summed E-state index contributed by atoms with van der Waals surface area (Å²) in [7, 11) is 0. The maximum Gasteiger partial charge on any atom is 0.194 e. The third kappa shape index (κ3) is 1.70. The van der Waals surface area contributed by atoms with E-state index in [-0.39, 0.29) is 0 Å². The lowest BCUT2D eigenvalue weighted by molar-refractivity contribution is 0.341. The molecule has 2 heterocycles. The van der Waals surface area contributed by atoms with Crippen LogP contribution in [0.1, 0.15) is 6.92 Å². The monoisotopic (exact) mass is 244 g/mol. The second-order valence-electron chi connectivity index (χ2n) is 3.63. The van der Waals surface area contributed by atoms with Gasteiger partial charge in [-0.3, -0.25) is 4.40 Å². The fourth-order valence-corrected chi connectivity index (χ4v) is 2.73. The number of thiazole rings is 1. The third-order valence-electron chi connectivity index (χ3n) is 2.61. The maximum absolute atomic E-state index is 5.66. The molecule has 0 fully saturated rings. The Hall–Kier alpha value is -1.81. The average Bonchev–Trinajstić information content (AvgIpc) is 2.92. The van der Waals surface area contributed by atoms with E-state index in [1.165, 1.54) is 0 Å². The molecule has 17 heavy (non-hydrogen) atoms. The number of imidazole rings is 1. The topological polar surface area (TPSA) is 26.5 Å². The van der Waals surface area contributed by atoms with E-state index in [1.54, 1.807) is 11.3 Å². The molecule has 0 saturated carbocycles. The van der Waals surface area contributed by atoms with Crippen LogP contribution in [0, 0.1) is 0 Å². The van der Waals surface area contributed by atoms with Crippen molar-refractivity contribution in [1.82, 2.24) is 9.38 Å². The molecule has 86 valence electrons. The van der Waals surface area contributed by atoms with Gasteiger partial charge in [0, 0.05) is 23.3 Å². The number of hydrogen-bond donors (Lipinski definition) is 0. The van der Waals surface area contributed by atoms with E-state index in [0.717, 1.165) is 22.0 Å². The Balaban J connectivity index is 2.18. The predicted molar refractivity (Wildman–Crippen MR) is 69.7 cm³/mol. The minimum absolute atomic E-state index is 0.675. The minimum Gasteiger partial charge on any atom is -0.493 e. The first kappa shape index (κ1) is 10.4. The highest BCUT2D eigenvalue weighted by Crippen LogP contribution is 2.32. The van der Waals surface area contributed by atoms with Crippen molar-refractivity contribution in [3.8, 4) is 17.0 Å². The summed E-state index contributed by atoms with van der Waals surface area (Å²) < 4.78 is 7.74. The number of aromatic nitrogens is 2. The van der Waals surface area contributed by atoms with E-state index in [4.69, 9.17) is 4.74 Å². The summed E-state index contributed by atoms with van der Waals surface area (Å²) in [6.45, 7) is 2.67. The van der Waals surface area contributed by atoms with E-state index >= 15 is 0 Å². The van der Waals surface area contributed by atoms with Crippen LogP contribution in [0.4, 0.5) is 0 Å². The third-order valence-corrected chi connectivity index (χ3v) is 3.46. The first-order valence-electron chi connectivity index (χ1n) is 5.53. The fourth-order valence-electron chi connectivity index (χ4n) is 1.88. The van der Waals surface area contributed by atoms with Crippen molar-refractivity contribution >= 4 is 16.3 Å². The first-order chi connectivity index (χ1) is 8.40. The van der Waals surface area contributed by atoms with Crippen LogP contribution in [-0.2, 0) is 0 Å². The van der Waals surface area contributed by atoms with Gasteiger partial charge in [-0.1, -0.05) is 12.1 Å². The summed E-state index contributed by atoms with van der Waals surface area (Å²) in [6.07, 6.45) is 3.79. The van der Waals surface area contributed by atoms with E-state index < -0.39 is 0 Å². The van der Waals surface area contributed by atoms with E-state index in [9.17, 15) is 0 Å². The van der Waals surface area contributed by atoms with Gasteiger partial charge < -0.3 is 4.74 Å². The van der Waals surface area contributed by atoms with Crippen LogP contribution in [0.2, 0.25) is 0 Å². The summed E-state index contributed by atoms with van der Waals surface area (Å²) in [6, 6.07) is 8.09. The van der Waals surface area contributed by atoms with Crippen LogP contribution in [0.5, 0.6) is 5.75 Å². The average molecular weight is 244 g/mol. The zero-order valence-corrected chi connectivity index (χ0v) is 10.3. The zero-order valence-electron chi connectivity index (χ0n) is 9.46. The lowest BCUT2D eigenvalue weighted by Crippen LogP contribution is -1.94. The summed E-state index contributed by atoms with van der Waals surface area (Å²) in [5.41, 5.74) is 2.24. The number of para-hydroxylation sites is 1. The number of nitrogens with zero attached hydrogens (tertiary/aromatic N) is 2. The van der Waals surface area contributed by atoms with Crippen molar-refractivity contribution in [2.75, 3.05) is 6.61 Å². The molecule has 0 unspecified atom stereocenters. The minimum atomic E-state index is 0.675. The molecular formula is C13H12N2OS. The van der Waals surface area contributed by atoms with Crippen molar-refractivity contribution in [1.29, 1.82) is 0 Å². The van der Waals surface area contributed by atoms with Crippen LogP contribution in [-0.4, -0.2) is 16.0 Å². The fraction of sp³-hybridized carbons (Fsp3) is 0.154. The Kier molecular flexibility index (Phi) is 2.57. The van der Waals surface area contributed by atoms with Crippen molar-refractivity contribution in [2.45, 2.75) is 6.92 Å². The van der Waals surface area contributed by atoms with Crippen LogP contribution in [0.15, 0.2) is 42.0 Å². The van der Waals surface area contributed by atoms with Gasteiger partial charge in [-0.05, 0) is 19.1 Å². The van der Waals surface area contributed by atoms with Gasteiger partial charge in [0.15, 0.2) is 4.96 Å². The smallest absolute Gasteiger partial charge is 0.194 e. The number of rotatable bonds is 3. The molecule has 4 heteroatoms. The summed E-state index contributed by atoms with van der Waals surface area (Å²) in [5, 5.41) is 2.11. The van der Waals surface area contributed by atoms with Crippen molar-refractivity contribution in [2.24, 2.45) is 0 Å². The van der Waals surface area contributed by atoms with Gasteiger partial charge in [0.2, 0.25) is 0 Å². The Labute approximate surface area is 103 Å². The van der Waals surface area contributed by atoms with Gasteiger partial charge in [-0.25, -0.2) is 4.98 Å². The number of hydrogen-bond acceptors (Lipinski definition) is 3. The van der Waals surface area contributed by atoms with E-state index in [2.05, 4.69) is 20.8 Å². The highest BCUT2D eigenvalue weighted by atomic mass is 32.1. The molecule has 0 amide bonds. The number of benzene rings is 1. The molecule has 0 bridgehead atoms. The predicted octanol–water partition coefficient (Wildman–Crippen LogP) is 3.46. The largest absolute Gasteiger partial charge is 0.493 e. The molecule has 3 aromatic rings. The highest BCUT2D eigenvalue weighted by Gasteiger charge is 2.10. The molecule has 0 aliphatic rings. The quantitative estimate of drug-likeness (QED) is 0.705. The van der Waals surface area contributed by atoms with Gasteiger partial charge >= 0.3 is 0 Å². The molecule has 0 radical (unpaired) electrons. The summed E-state index contributed by atoms with van der Waals surface area (Å²) >= 11 is 1.64. The molecule has 3 rings (SSSR count). The lowest BCUT2D eigenvalue weighted by Gasteiger charge is -2.08. The van der Waals surface area contributed by atoms with Gasteiger partial charge in [0.05, 0.1) is 12.3 Å². The van der Waals surface area contributed by atoms with Gasteiger partial charge in [-0.2, -0.15) is 0 Å². The van der Waals surface area contributed by atoms with Crippen molar-refractivity contribution in [3.63, 3.8) is 0 Å². The van der Waals surface area contributed by atoms with Crippen LogP contribution in [0.25, 0.3) is 16.2 Å². The van der Waals surface area contributed by atoms with Gasteiger partial charge in [0.25, 0.3) is 0 Å². The van der Waals surface area contributed by atoms with Crippen LogP contribution < -0.4 is 4.74 Å². The molecule has 0 saturated heterocycles. The summed E-state index contributed by atoms with van der Waals surface area (Å²) in [4.78, 5) is 5.29. The second-order valence-corrected chi connectivity index (χ2v) is 4.47. The molecule has 0 aliphatic heterocycles. The van der Waals surface area contributed by atoms with Gasteiger partial charge in [-0.15, -0.1) is 11.3 Å². The second kappa shape index (κ2) is 4.22. The maximum atomic E-state index is 5.66. The van der Waals surface area contributed by atoms with Gasteiger partial charge in [0.1, 0.15) is 5.75 Å². The lowest BCUT2D eigenvalue weighted by atomic mass is 10.1. The molecule has 0 spiro atoms. The van der Waals surface area contributed by atoms with Crippen LogP contribution >= 0.6 is 11.3 Å². The molecule has 0 N–H and O–H groups in total. The van der Waals surface area contributed by atoms with E-state index in [0.29, 0.717) is 6.61 Å². The Morgan fingerprint density at radius 2 is 2.24 bits per heavy atom. The number of fused-ring (bicyclic) bond motifs is 1. The molecular weight excluding hydrogens is 232 g/mol. The highest BCUT2D eigenvalue weighted by molar-refractivity contribution is 7.15. The van der Waals surface area contributed by atoms with E-state index in [1.807, 2.05) is 37.5 Å². The van der Waals surface area contributed by atoms with Crippen molar-refractivity contribution in [3.05, 3.63) is 42.0 Å². The molecule has 0 atom stereocenters. The Morgan fingerprint density at radius 3 is 3.12 bits per heavy atom. The molecule has 1 aromatic carbocycles. The number of ether oxygens (including phenoxy) is 1. The SMILES string of the molecule is CCOc1ccccc1-c1csc2nccn12. The Morgan fingerprint density at radius 1 is 1.35 bits per heavy atom. The normalized spacial score (nSPS) is 10.9.